The number of alkyl halides is 2. The predicted molar refractivity (Wildman–Crippen MR) is 104 cm³/mol. The molecule has 0 fully saturated rings. The normalized spacial score (nSPS) is 11.1. The Balaban J connectivity index is 1.78. The lowest BCUT2D eigenvalue weighted by Gasteiger charge is -2.08. The van der Waals surface area contributed by atoms with E-state index in [0.29, 0.717) is 11.0 Å². The van der Waals surface area contributed by atoms with E-state index in [9.17, 15) is 8.78 Å². The fourth-order valence-electron chi connectivity index (χ4n) is 3.03. The van der Waals surface area contributed by atoms with Crippen LogP contribution in [0, 0.1) is 0 Å². The van der Waals surface area contributed by atoms with Crippen molar-refractivity contribution in [3.8, 4) is 0 Å². The largest absolute Gasteiger partial charge is 0.325 e. The van der Waals surface area contributed by atoms with Crippen molar-refractivity contribution in [2.24, 2.45) is 4.99 Å². The number of halogens is 2. The predicted octanol–water partition coefficient (Wildman–Crippen LogP) is 5.47. The summed E-state index contributed by atoms with van der Waals surface area (Å²) in [6.07, 6.45) is -0.970. The van der Waals surface area contributed by atoms with Gasteiger partial charge in [0.25, 0.3) is 6.43 Å². The van der Waals surface area contributed by atoms with E-state index in [0.717, 1.165) is 22.5 Å². The number of fused-ring (bicyclic) bond motifs is 1. The smallest absolute Gasteiger partial charge is 0.256 e. The Kier molecular flexibility index (Phi) is 4.75. The molecule has 4 aromatic rings. The highest BCUT2D eigenvalue weighted by molar-refractivity contribution is 6.14. The highest BCUT2D eigenvalue weighted by Gasteiger charge is 2.10. The van der Waals surface area contributed by atoms with Crippen LogP contribution in [0.25, 0.3) is 11.0 Å². The summed E-state index contributed by atoms with van der Waals surface area (Å²) in [7, 11) is 0. The molecule has 0 aliphatic rings. The second-order valence-corrected chi connectivity index (χ2v) is 6.15. The van der Waals surface area contributed by atoms with Crippen molar-refractivity contribution in [3.63, 3.8) is 0 Å². The molecule has 27 heavy (non-hydrogen) atoms. The first-order chi connectivity index (χ1) is 13.2. The van der Waals surface area contributed by atoms with Gasteiger partial charge in [-0.1, -0.05) is 60.7 Å². The van der Waals surface area contributed by atoms with Crippen LogP contribution in [-0.4, -0.2) is 21.7 Å². The molecule has 3 nitrogen and oxygen atoms in total. The van der Waals surface area contributed by atoms with E-state index in [1.807, 2.05) is 72.8 Å². The number of aromatic nitrogens is 2. The van der Waals surface area contributed by atoms with Gasteiger partial charge in [-0.2, -0.15) is 0 Å². The van der Waals surface area contributed by atoms with Crippen molar-refractivity contribution in [3.05, 3.63) is 96.3 Å². The molecule has 0 spiro atoms. The van der Waals surface area contributed by atoms with Gasteiger partial charge in [0.05, 0.1) is 35.3 Å². The topological polar surface area (TPSA) is 30.2 Å². The number of aliphatic imine (C=N–C) groups is 1. The molecule has 0 atom stereocenters. The molecule has 1 aromatic heterocycles. The van der Waals surface area contributed by atoms with E-state index >= 15 is 0 Å². The number of hydrogen-bond donors (Lipinski definition) is 0. The third kappa shape index (κ3) is 3.77. The zero-order chi connectivity index (χ0) is 18.6. The summed E-state index contributed by atoms with van der Waals surface area (Å²) in [5.74, 6) is 0. The molecular weight excluding hydrogens is 344 g/mol. The van der Waals surface area contributed by atoms with Crippen LogP contribution in [0.3, 0.4) is 0 Å². The fourth-order valence-corrected chi connectivity index (χ4v) is 3.03. The molecule has 0 N–H and O–H groups in total. The van der Waals surface area contributed by atoms with Crippen molar-refractivity contribution in [1.29, 1.82) is 0 Å². The SMILES string of the molecule is FC(F)Cn1cnc2cc(N=C(c3ccccc3)c3ccccc3)ccc21. The van der Waals surface area contributed by atoms with Gasteiger partial charge < -0.3 is 4.57 Å². The quantitative estimate of drug-likeness (QED) is 0.434. The van der Waals surface area contributed by atoms with Gasteiger partial charge in [0.1, 0.15) is 0 Å². The van der Waals surface area contributed by atoms with E-state index in [-0.39, 0.29) is 6.54 Å². The van der Waals surface area contributed by atoms with Crippen molar-refractivity contribution < 1.29 is 8.78 Å². The Morgan fingerprint density at radius 2 is 1.52 bits per heavy atom. The third-order valence-corrected chi connectivity index (χ3v) is 4.27. The molecule has 3 aromatic carbocycles. The van der Waals surface area contributed by atoms with Crippen LogP contribution in [0.2, 0.25) is 0 Å². The highest BCUT2D eigenvalue weighted by atomic mass is 19.3. The Morgan fingerprint density at radius 1 is 0.889 bits per heavy atom. The van der Waals surface area contributed by atoms with Gasteiger partial charge in [-0.15, -0.1) is 0 Å². The van der Waals surface area contributed by atoms with Gasteiger partial charge >= 0.3 is 0 Å². The summed E-state index contributed by atoms with van der Waals surface area (Å²) >= 11 is 0. The summed E-state index contributed by atoms with van der Waals surface area (Å²) in [4.78, 5) is 9.08. The number of rotatable bonds is 5. The van der Waals surface area contributed by atoms with E-state index in [1.54, 1.807) is 6.07 Å². The zero-order valence-electron chi connectivity index (χ0n) is 14.5. The first-order valence-electron chi connectivity index (χ1n) is 8.63. The Morgan fingerprint density at radius 3 is 2.11 bits per heavy atom. The average Bonchev–Trinajstić information content (AvgIpc) is 3.09. The van der Waals surface area contributed by atoms with E-state index < -0.39 is 6.43 Å². The standard InChI is InChI=1S/C22H17F2N3/c23-21(24)14-27-15-25-19-13-18(11-12-20(19)27)26-22(16-7-3-1-4-8-16)17-9-5-2-6-10-17/h1-13,15,21H,14H2. The van der Waals surface area contributed by atoms with Gasteiger partial charge in [0, 0.05) is 11.1 Å². The van der Waals surface area contributed by atoms with Crippen LogP contribution in [0.5, 0.6) is 0 Å². The molecule has 0 aliphatic heterocycles. The Labute approximate surface area is 155 Å². The lowest BCUT2D eigenvalue weighted by molar-refractivity contribution is 0.128. The van der Waals surface area contributed by atoms with Crippen molar-refractivity contribution in [2.75, 3.05) is 0 Å². The molecule has 0 aliphatic carbocycles. The molecule has 134 valence electrons. The number of hydrogen-bond acceptors (Lipinski definition) is 2. The van der Waals surface area contributed by atoms with Gasteiger partial charge in [-0.05, 0) is 18.2 Å². The molecular formula is C22H17F2N3. The lowest BCUT2D eigenvalue weighted by atomic mass is 10.0. The van der Waals surface area contributed by atoms with E-state index in [4.69, 9.17) is 4.99 Å². The van der Waals surface area contributed by atoms with Crippen molar-refractivity contribution in [1.82, 2.24) is 9.55 Å². The van der Waals surface area contributed by atoms with Gasteiger partial charge in [0.15, 0.2) is 0 Å². The molecule has 0 saturated carbocycles. The van der Waals surface area contributed by atoms with Crippen molar-refractivity contribution >= 4 is 22.4 Å². The number of nitrogens with zero attached hydrogens (tertiary/aromatic N) is 3. The zero-order valence-corrected chi connectivity index (χ0v) is 14.5. The first kappa shape index (κ1) is 17.1. The first-order valence-corrected chi connectivity index (χ1v) is 8.63. The molecule has 5 heteroatoms. The summed E-state index contributed by atoms with van der Waals surface area (Å²) in [6, 6.07) is 25.3. The van der Waals surface area contributed by atoms with Crippen LogP contribution in [0.1, 0.15) is 11.1 Å². The second kappa shape index (κ2) is 7.50. The lowest BCUT2D eigenvalue weighted by Crippen LogP contribution is -2.04. The minimum absolute atomic E-state index is 0.363. The van der Waals surface area contributed by atoms with Crippen LogP contribution < -0.4 is 0 Å². The fraction of sp³-hybridized carbons (Fsp3) is 0.0909. The monoisotopic (exact) mass is 361 g/mol. The molecule has 0 bridgehead atoms. The highest BCUT2D eigenvalue weighted by Crippen LogP contribution is 2.23. The van der Waals surface area contributed by atoms with Crippen LogP contribution >= 0.6 is 0 Å². The summed E-state index contributed by atoms with van der Waals surface area (Å²) in [5.41, 5.74) is 4.92. The molecule has 0 saturated heterocycles. The average molecular weight is 361 g/mol. The van der Waals surface area contributed by atoms with Gasteiger partial charge in [-0.25, -0.2) is 18.8 Å². The van der Waals surface area contributed by atoms with E-state index in [2.05, 4.69) is 4.98 Å². The summed E-state index contributed by atoms with van der Waals surface area (Å²) in [5, 5.41) is 0. The minimum atomic E-state index is -2.41. The Hall–Kier alpha value is -3.34. The maximum absolute atomic E-state index is 12.7. The summed E-state index contributed by atoms with van der Waals surface area (Å²) < 4.78 is 26.8. The Bertz CT molecular complexity index is 1030. The second-order valence-electron chi connectivity index (χ2n) is 6.15. The number of benzene rings is 3. The maximum atomic E-state index is 12.7. The van der Waals surface area contributed by atoms with Gasteiger partial charge in [-0.3, -0.25) is 0 Å². The maximum Gasteiger partial charge on any atom is 0.256 e. The molecule has 1 heterocycles. The molecule has 0 unspecified atom stereocenters. The van der Waals surface area contributed by atoms with Crippen LogP contribution in [0.15, 0.2) is 90.2 Å². The minimum Gasteiger partial charge on any atom is -0.325 e. The van der Waals surface area contributed by atoms with Gasteiger partial charge in [0.2, 0.25) is 0 Å². The summed E-state index contributed by atoms with van der Waals surface area (Å²) in [6.45, 7) is -0.363. The van der Waals surface area contributed by atoms with Crippen LogP contribution in [0.4, 0.5) is 14.5 Å². The third-order valence-electron chi connectivity index (χ3n) is 4.27. The van der Waals surface area contributed by atoms with Crippen molar-refractivity contribution in [2.45, 2.75) is 13.0 Å². The van der Waals surface area contributed by atoms with E-state index in [1.165, 1.54) is 10.9 Å². The molecule has 0 amide bonds. The number of imidazole rings is 1. The molecule has 4 rings (SSSR count). The molecule has 0 radical (unpaired) electrons. The van der Waals surface area contributed by atoms with Crippen LogP contribution in [-0.2, 0) is 6.54 Å².